The van der Waals surface area contributed by atoms with Crippen molar-refractivity contribution in [1.82, 2.24) is 15.5 Å². The number of ether oxygens (including phenoxy) is 2. The van der Waals surface area contributed by atoms with Gasteiger partial charge in [0.1, 0.15) is 0 Å². The van der Waals surface area contributed by atoms with E-state index < -0.39 is 0 Å². The molecule has 2 rings (SSSR count). The molecular formula is C21H37IN4O2. The zero-order chi connectivity index (χ0) is 19.3. The van der Waals surface area contributed by atoms with Gasteiger partial charge in [-0.2, -0.15) is 0 Å². The van der Waals surface area contributed by atoms with Gasteiger partial charge < -0.3 is 25.0 Å². The van der Waals surface area contributed by atoms with Gasteiger partial charge in [-0.25, -0.2) is 0 Å². The van der Waals surface area contributed by atoms with Crippen molar-refractivity contribution in [2.24, 2.45) is 10.9 Å². The maximum Gasteiger partial charge on any atom is 0.191 e. The van der Waals surface area contributed by atoms with Crippen molar-refractivity contribution in [3.8, 4) is 0 Å². The van der Waals surface area contributed by atoms with E-state index in [1.54, 1.807) is 0 Å². The van der Waals surface area contributed by atoms with Crippen molar-refractivity contribution in [2.45, 2.75) is 25.3 Å². The number of nitrogens with zero attached hydrogens (tertiary/aromatic N) is 2. The van der Waals surface area contributed by atoms with Gasteiger partial charge in [-0.05, 0) is 38.9 Å². The summed E-state index contributed by atoms with van der Waals surface area (Å²) in [5.41, 5.74) is 1.35. The molecular weight excluding hydrogens is 467 g/mol. The molecule has 28 heavy (non-hydrogen) atoms. The third-order valence-electron chi connectivity index (χ3n) is 4.91. The van der Waals surface area contributed by atoms with Crippen LogP contribution < -0.4 is 10.6 Å². The van der Waals surface area contributed by atoms with E-state index in [1.807, 2.05) is 7.05 Å². The molecule has 0 saturated carbocycles. The monoisotopic (exact) mass is 504 g/mol. The second kappa shape index (κ2) is 15.0. The number of rotatable bonds is 11. The molecule has 1 aliphatic heterocycles. The number of guanidine groups is 1. The number of aliphatic imine (C=N–C) groups is 1. The summed E-state index contributed by atoms with van der Waals surface area (Å²) >= 11 is 0. The van der Waals surface area contributed by atoms with Crippen LogP contribution in [0.25, 0.3) is 0 Å². The highest BCUT2D eigenvalue weighted by atomic mass is 127. The Balaban J connectivity index is 0.00000392. The quantitative estimate of drug-likeness (QED) is 0.210. The summed E-state index contributed by atoms with van der Waals surface area (Å²) in [7, 11) is 6.06. The minimum absolute atomic E-state index is 0. The van der Waals surface area contributed by atoms with E-state index in [0.29, 0.717) is 12.0 Å². The second-order valence-corrected chi connectivity index (χ2v) is 7.35. The van der Waals surface area contributed by atoms with Crippen LogP contribution in [-0.2, 0) is 15.9 Å². The molecule has 0 bridgehead atoms. The minimum Gasteiger partial charge on any atom is -0.381 e. The van der Waals surface area contributed by atoms with Gasteiger partial charge in [-0.1, -0.05) is 30.3 Å². The molecule has 7 heteroatoms. The average Bonchev–Trinajstić information content (AvgIpc) is 3.20. The molecule has 1 aromatic carbocycles. The van der Waals surface area contributed by atoms with Crippen LogP contribution >= 0.6 is 24.0 Å². The Morgan fingerprint density at radius 3 is 2.71 bits per heavy atom. The second-order valence-electron chi connectivity index (χ2n) is 7.35. The third-order valence-corrected chi connectivity index (χ3v) is 4.91. The fourth-order valence-electron chi connectivity index (χ4n) is 3.10. The van der Waals surface area contributed by atoms with Crippen LogP contribution in [0.1, 0.15) is 18.4 Å². The number of likely N-dealkylation sites (N-methyl/N-ethyl adjacent to an activating group) is 1. The molecule has 0 aromatic heterocycles. The standard InChI is InChI=1S/C21H36N4O2.HI/c1-22-21(23-11-7-12-26-16-19-10-13-27-17-19)24-15-20(25(2)3)14-18-8-5-4-6-9-18;/h4-6,8-9,19-20H,7,10-17H2,1-3H3,(H2,22,23,24);1H. The Morgan fingerprint density at radius 1 is 1.29 bits per heavy atom. The van der Waals surface area contributed by atoms with Crippen molar-refractivity contribution in [3.05, 3.63) is 35.9 Å². The lowest BCUT2D eigenvalue weighted by Gasteiger charge is -2.25. The first-order chi connectivity index (χ1) is 13.2. The summed E-state index contributed by atoms with van der Waals surface area (Å²) in [6.07, 6.45) is 3.11. The molecule has 0 aliphatic carbocycles. The lowest BCUT2D eigenvalue weighted by atomic mass is 10.1. The molecule has 0 spiro atoms. The van der Waals surface area contributed by atoms with Gasteiger partial charge in [0.2, 0.25) is 0 Å². The van der Waals surface area contributed by atoms with Crippen LogP contribution in [0.5, 0.6) is 0 Å². The molecule has 2 unspecified atom stereocenters. The fourth-order valence-corrected chi connectivity index (χ4v) is 3.10. The average molecular weight is 504 g/mol. The molecule has 1 heterocycles. The number of nitrogens with one attached hydrogen (secondary N) is 2. The molecule has 0 radical (unpaired) electrons. The number of benzene rings is 1. The molecule has 1 fully saturated rings. The predicted molar refractivity (Wildman–Crippen MR) is 127 cm³/mol. The van der Waals surface area contributed by atoms with Crippen LogP contribution in [0.4, 0.5) is 0 Å². The van der Waals surface area contributed by atoms with Crippen molar-refractivity contribution >= 4 is 29.9 Å². The molecule has 2 atom stereocenters. The van der Waals surface area contributed by atoms with E-state index >= 15 is 0 Å². The molecule has 0 amide bonds. The van der Waals surface area contributed by atoms with Crippen LogP contribution in [-0.4, -0.2) is 77.6 Å². The van der Waals surface area contributed by atoms with Crippen molar-refractivity contribution in [2.75, 3.05) is 60.7 Å². The van der Waals surface area contributed by atoms with Crippen LogP contribution in [0.3, 0.4) is 0 Å². The van der Waals surface area contributed by atoms with Gasteiger partial charge in [-0.15, -0.1) is 24.0 Å². The van der Waals surface area contributed by atoms with Crippen LogP contribution in [0.15, 0.2) is 35.3 Å². The maximum absolute atomic E-state index is 5.74. The maximum atomic E-state index is 5.74. The lowest BCUT2D eigenvalue weighted by Crippen LogP contribution is -2.46. The molecule has 1 aromatic rings. The Bertz CT molecular complexity index is 536. The summed E-state index contributed by atoms with van der Waals surface area (Å²) in [4.78, 5) is 6.58. The lowest BCUT2D eigenvalue weighted by molar-refractivity contribution is 0.0888. The first-order valence-electron chi connectivity index (χ1n) is 9.99. The fraction of sp³-hybridized carbons (Fsp3) is 0.667. The smallest absolute Gasteiger partial charge is 0.191 e. The third kappa shape index (κ3) is 10.0. The molecule has 6 nitrogen and oxygen atoms in total. The number of hydrogen-bond donors (Lipinski definition) is 2. The Morgan fingerprint density at radius 2 is 2.07 bits per heavy atom. The largest absolute Gasteiger partial charge is 0.381 e. The van der Waals surface area contributed by atoms with Crippen LogP contribution in [0, 0.1) is 5.92 Å². The first kappa shape index (κ1) is 25.1. The molecule has 2 N–H and O–H groups in total. The van der Waals surface area contributed by atoms with Gasteiger partial charge >= 0.3 is 0 Å². The van der Waals surface area contributed by atoms with Gasteiger partial charge in [0.05, 0.1) is 13.2 Å². The van der Waals surface area contributed by atoms with Gasteiger partial charge in [0.25, 0.3) is 0 Å². The summed E-state index contributed by atoms with van der Waals surface area (Å²) in [5.74, 6) is 1.43. The molecule has 160 valence electrons. The molecule has 1 saturated heterocycles. The normalized spacial score (nSPS) is 18.0. The van der Waals surface area contributed by atoms with E-state index in [1.165, 1.54) is 5.56 Å². The topological polar surface area (TPSA) is 58.1 Å². The SMILES string of the molecule is CN=C(NCCCOCC1CCOC1)NCC(Cc1ccccc1)N(C)C.I. The highest BCUT2D eigenvalue weighted by molar-refractivity contribution is 14.0. The Labute approximate surface area is 187 Å². The van der Waals surface area contributed by atoms with E-state index in [-0.39, 0.29) is 24.0 Å². The van der Waals surface area contributed by atoms with Gasteiger partial charge in [0, 0.05) is 45.3 Å². The first-order valence-corrected chi connectivity index (χ1v) is 9.99. The summed E-state index contributed by atoms with van der Waals surface area (Å²) < 4.78 is 11.1. The van der Waals surface area contributed by atoms with E-state index in [0.717, 1.165) is 64.7 Å². The summed E-state index contributed by atoms with van der Waals surface area (Å²) in [6.45, 7) is 5.03. The minimum atomic E-state index is 0. The van der Waals surface area contributed by atoms with Crippen molar-refractivity contribution in [3.63, 3.8) is 0 Å². The zero-order valence-corrected chi connectivity index (χ0v) is 19.9. The number of hydrogen-bond acceptors (Lipinski definition) is 4. The van der Waals surface area contributed by atoms with Crippen molar-refractivity contribution in [1.29, 1.82) is 0 Å². The highest BCUT2D eigenvalue weighted by Gasteiger charge is 2.15. The van der Waals surface area contributed by atoms with Crippen molar-refractivity contribution < 1.29 is 9.47 Å². The highest BCUT2D eigenvalue weighted by Crippen LogP contribution is 2.12. The predicted octanol–water partition coefficient (Wildman–Crippen LogP) is 2.39. The van der Waals surface area contributed by atoms with E-state index in [2.05, 4.69) is 65.0 Å². The van der Waals surface area contributed by atoms with E-state index in [9.17, 15) is 0 Å². The Hall–Kier alpha value is -0.900. The van der Waals surface area contributed by atoms with E-state index in [4.69, 9.17) is 9.47 Å². The molecule has 1 aliphatic rings. The Kier molecular flexibility index (Phi) is 13.5. The summed E-state index contributed by atoms with van der Waals surface area (Å²) in [6, 6.07) is 11.0. The van der Waals surface area contributed by atoms with Crippen LogP contribution in [0.2, 0.25) is 0 Å². The van der Waals surface area contributed by atoms with Gasteiger partial charge in [-0.3, -0.25) is 4.99 Å². The zero-order valence-electron chi connectivity index (χ0n) is 17.5. The van der Waals surface area contributed by atoms with Gasteiger partial charge in [0.15, 0.2) is 5.96 Å². The number of halogens is 1. The summed E-state index contributed by atoms with van der Waals surface area (Å²) in [5, 5.41) is 6.82.